The molecule has 1 aliphatic rings. The van der Waals surface area contributed by atoms with Gasteiger partial charge in [-0.2, -0.15) is 17.0 Å². The Bertz CT molecular complexity index is 363. The van der Waals surface area contributed by atoms with Crippen LogP contribution in [0.3, 0.4) is 0 Å². The van der Waals surface area contributed by atoms with Gasteiger partial charge >= 0.3 is 0 Å². The highest BCUT2D eigenvalue weighted by atomic mass is 32.2. The van der Waals surface area contributed by atoms with Crippen LogP contribution in [0, 0.1) is 11.3 Å². The molecule has 84 valence electrons. The van der Waals surface area contributed by atoms with Crippen LogP contribution in [0.15, 0.2) is 18.3 Å². The summed E-state index contributed by atoms with van der Waals surface area (Å²) in [6.45, 7) is 0.998. The molecule has 1 aliphatic heterocycles. The van der Waals surface area contributed by atoms with Gasteiger partial charge in [0.15, 0.2) is 0 Å². The number of aromatic nitrogens is 1. The Morgan fingerprint density at radius 3 is 3.06 bits per heavy atom. The van der Waals surface area contributed by atoms with Gasteiger partial charge in [-0.15, -0.1) is 0 Å². The summed E-state index contributed by atoms with van der Waals surface area (Å²) in [5, 5.41) is 12.7. The summed E-state index contributed by atoms with van der Waals surface area (Å²) < 4.78 is 0. The summed E-state index contributed by atoms with van der Waals surface area (Å²) in [6, 6.07) is 5.68. The molecule has 0 bridgehead atoms. The molecular formula is C12H15N3S. The summed E-state index contributed by atoms with van der Waals surface area (Å²) in [4.78, 5) is 4.03. The number of hydrogen-bond donors (Lipinski definition) is 1. The van der Waals surface area contributed by atoms with Crippen molar-refractivity contribution in [1.29, 1.82) is 5.26 Å². The third-order valence-electron chi connectivity index (χ3n) is 2.69. The van der Waals surface area contributed by atoms with Crippen LogP contribution in [0.4, 0.5) is 5.69 Å². The summed E-state index contributed by atoms with van der Waals surface area (Å²) >= 11 is 2.05. The molecule has 0 radical (unpaired) electrons. The van der Waals surface area contributed by atoms with E-state index in [9.17, 15) is 0 Å². The Kier molecular flexibility index (Phi) is 4.06. The van der Waals surface area contributed by atoms with Crippen LogP contribution in [-0.2, 0) is 0 Å². The van der Waals surface area contributed by atoms with E-state index in [2.05, 4.69) is 22.1 Å². The second-order valence-corrected chi connectivity index (χ2v) is 5.32. The molecule has 0 aromatic carbocycles. The van der Waals surface area contributed by atoms with Gasteiger partial charge in [0, 0.05) is 11.8 Å². The van der Waals surface area contributed by atoms with Gasteiger partial charge in [-0.25, -0.2) is 4.98 Å². The van der Waals surface area contributed by atoms with E-state index >= 15 is 0 Å². The maximum absolute atomic E-state index is 8.63. The van der Waals surface area contributed by atoms with Crippen molar-refractivity contribution in [3.8, 4) is 6.07 Å². The number of nitriles is 1. The van der Waals surface area contributed by atoms with Crippen molar-refractivity contribution in [3.05, 3.63) is 24.0 Å². The molecule has 4 heteroatoms. The van der Waals surface area contributed by atoms with Gasteiger partial charge in [0.25, 0.3) is 0 Å². The van der Waals surface area contributed by atoms with E-state index in [4.69, 9.17) is 5.26 Å². The van der Waals surface area contributed by atoms with Crippen LogP contribution in [0.2, 0.25) is 0 Å². The minimum atomic E-state index is 0.470. The van der Waals surface area contributed by atoms with E-state index in [0.717, 1.165) is 17.5 Å². The van der Waals surface area contributed by atoms with Gasteiger partial charge in [-0.05, 0) is 30.7 Å². The summed E-state index contributed by atoms with van der Waals surface area (Å²) in [6.07, 6.45) is 5.75. The van der Waals surface area contributed by atoms with E-state index in [0.29, 0.717) is 5.69 Å². The second kappa shape index (κ2) is 5.76. The zero-order valence-electron chi connectivity index (χ0n) is 9.15. The molecule has 2 heterocycles. The highest BCUT2D eigenvalue weighted by Gasteiger charge is 2.13. The van der Waals surface area contributed by atoms with Gasteiger partial charge in [0.1, 0.15) is 11.8 Å². The molecule has 1 aromatic rings. The Morgan fingerprint density at radius 1 is 1.50 bits per heavy atom. The lowest BCUT2D eigenvalue weighted by Gasteiger charge is -2.21. The third kappa shape index (κ3) is 3.14. The lowest BCUT2D eigenvalue weighted by Crippen LogP contribution is -2.20. The van der Waals surface area contributed by atoms with Crippen LogP contribution in [0.25, 0.3) is 0 Å². The van der Waals surface area contributed by atoms with Gasteiger partial charge in [-0.3, -0.25) is 0 Å². The number of hydrogen-bond acceptors (Lipinski definition) is 4. The molecular weight excluding hydrogens is 218 g/mol. The summed E-state index contributed by atoms with van der Waals surface area (Å²) in [5.74, 6) is 1.29. The van der Waals surface area contributed by atoms with E-state index in [1.807, 2.05) is 12.1 Å². The highest BCUT2D eigenvalue weighted by molar-refractivity contribution is 7.99. The standard InChI is InChI=1S/C12H15N3S/c13-7-10-4-5-11(8-14-10)15-9-12-3-1-2-6-16-12/h4-5,8,12,15H,1-3,6,9H2. The predicted octanol–water partition coefficient (Wildman–Crippen LogP) is 2.65. The van der Waals surface area contributed by atoms with E-state index in [1.165, 1.54) is 25.0 Å². The molecule has 2 rings (SSSR count). The molecule has 1 saturated heterocycles. The molecule has 16 heavy (non-hydrogen) atoms. The van der Waals surface area contributed by atoms with E-state index < -0.39 is 0 Å². The number of rotatable bonds is 3. The average Bonchev–Trinajstić information content (AvgIpc) is 2.38. The van der Waals surface area contributed by atoms with Crippen LogP contribution >= 0.6 is 11.8 Å². The van der Waals surface area contributed by atoms with E-state index in [-0.39, 0.29) is 0 Å². The van der Waals surface area contributed by atoms with Crippen LogP contribution < -0.4 is 5.32 Å². The number of nitrogens with zero attached hydrogens (tertiary/aromatic N) is 2. The fourth-order valence-corrected chi connectivity index (χ4v) is 3.00. The Hall–Kier alpha value is -1.21. The first kappa shape index (κ1) is 11.3. The fraction of sp³-hybridized carbons (Fsp3) is 0.500. The van der Waals surface area contributed by atoms with Crippen molar-refractivity contribution < 1.29 is 0 Å². The first-order valence-electron chi connectivity index (χ1n) is 5.60. The summed E-state index contributed by atoms with van der Waals surface area (Å²) in [5.41, 5.74) is 1.47. The lowest BCUT2D eigenvalue weighted by atomic mass is 10.2. The number of thioether (sulfide) groups is 1. The third-order valence-corrected chi connectivity index (χ3v) is 4.08. The first-order valence-corrected chi connectivity index (χ1v) is 6.65. The molecule has 0 saturated carbocycles. The van der Waals surface area contributed by atoms with Crippen LogP contribution in [0.1, 0.15) is 25.0 Å². The molecule has 0 amide bonds. The quantitative estimate of drug-likeness (QED) is 0.872. The number of anilines is 1. The Balaban J connectivity index is 1.82. The van der Waals surface area contributed by atoms with Crippen molar-refractivity contribution >= 4 is 17.4 Å². The maximum Gasteiger partial charge on any atom is 0.140 e. The van der Waals surface area contributed by atoms with Crippen molar-refractivity contribution in [3.63, 3.8) is 0 Å². The summed E-state index contributed by atoms with van der Waals surface area (Å²) in [7, 11) is 0. The van der Waals surface area contributed by atoms with Crippen molar-refractivity contribution in [2.75, 3.05) is 17.6 Å². The van der Waals surface area contributed by atoms with Gasteiger partial charge in [0.2, 0.25) is 0 Å². The largest absolute Gasteiger partial charge is 0.383 e. The average molecular weight is 233 g/mol. The normalized spacial score (nSPS) is 20.1. The van der Waals surface area contributed by atoms with Gasteiger partial charge < -0.3 is 5.32 Å². The molecule has 1 unspecified atom stereocenters. The van der Waals surface area contributed by atoms with Crippen LogP contribution in [0.5, 0.6) is 0 Å². The van der Waals surface area contributed by atoms with Gasteiger partial charge in [0.05, 0.1) is 11.9 Å². The molecule has 0 aliphatic carbocycles. The number of nitrogens with one attached hydrogen (secondary N) is 1. The lowest BCUT2D eigenvalue weighted by molar-refractivity contribution is 0.677. The predicted molar refractivity (Wildman–Crippen MR) is 67.5 cm³/mol. The molecule has 1 N–H and O–H groups in total. The smallest absolute Gasteiger partial charge is 0.140 e. The maximum atomic E-state index is 8.63. The second-order valence-electron chi connectivity index (χ2n) is 3.91. The molecule has 1 fully saturated rings. The highest BCUT2D eigenvalue weighted by Crippen LogP contribution is 2.25. The minimum absolute atomic E-state index is 0.470. The number of pyridine rings is 1. The zero-order chi connectivity index (χ0) is 11.2. The molecule has 3 nitrogen and oxygen atoms in total. The van der Waals surface area contributed by atoms with Crippen molar-refractivity contribution in [2.24, 2.45) is 0 Å². The fourth-order valence-electron chi connectivity index (χ4n) is 1.76. The van der Waals surface area contributed by atoms with Crippen LogP contribution in [-0.4, -0.2) is 22.5 Å². The monoisotopic (exact) mass is 233 g/mol. The topological polar surface area (TPSA) is 48.7 Å². The van der Waals surface area contributed by atoms with Crippen molar-refractivity contribution in [2.45, 2.75) is 24.5 Å². The first-order chi connectivity index (χ1) is 7.88. The minimum Gasteiger partial charge on any atom is -0.383 e. The zero-order valence-corrected chi connectivity index (χ0v) is 9.96. The van der Waals surface area contributed by atoms with Gasteiger partial charge in [-0.1, -0.05) is 6.42 Å². The van der Waals surface area contributed by atoms with Crippen molar-refractivity contribution in [1.82, 2.24) is 4.98 Å². The Labute approximate surface area is 100 Å². The molecule has 1 atom stereocenters. The Morgan fingerprint density at radius 2 is 2.44 bits per heavy atom. The SMILES string of the molecule is N#Cc1ccc(NCC2CCCCS2)cn1. The van der Waals surface area contributed by atoms with E-state index in [1.54, 1.807) is 12.3 Å². The molecule has 1 aromatic heterocycles. The molecule has 0 spiro atoms.